The second-order valence-electron chi connectivity index (χ2n) is 4.63. The molecule has 0 saturated heterocycles. The van der Waals surface area contributed by atoms with E-state index in [1.807, 2.05) is 0 Å². The molecule has 23 heavy (non-hydrogen) atoms. The number of ether oxygens (including phenoxy) is 1. The summed E-state index contributed by atoms with van der Waals surface area (Å²) in [7, 11) is 0. The van der Waals surface area contributed by atoms with Crippen LogP contribution in [0.25, 0.3) is 0 Å². The summed E-state index contributed by atoms with van der Waals surface area (Å²) in [5.41, 5.74) is 0. The van der Waals surface area contributed by atoms with Crippen LogP contribution in [-0.4, -0.2) is 33.1 Å². The molecule has 1 aromatic carbocycles. The van der Waals surface area contributed by atoms with E-state index in [-0.39, 0.29) is 24.0 Å². The number of hydrogen-bond acceptors (Lipinski definition) is 5. The van der Waals surface area contributed by atoms with Crippen LogP contribution in [0.2, 0.25) is 0 Å². The summed E-state index contributed by atoms with van der Waals surface area (Å²) in [4.78, 5) is 12.0. The highest BCUT2D eigenvalue weighted by Crippen LogP contribution is 2.24. The molecule has 1 amide bonds. The molecule has 0 aliphatic carbocycles. The number of aromatic nitrogens is 3. The number of benzene rings is 1. The van der Waals surface area contributed by atoms with Crippen molar-refractivity contribution in [2.45, 2.75) is 11.8 Å². The van der Waals surface area contributed by atoms with E-state index < -0.39 is 11.6 Å². The van der Waals surface area contributed by atoms with Gasteiger partial charge in [0.1, 0.15) is 12.4 Å². The molecule has 0 unspecified atom stereocenters. The summed E-state index contributed by atoms with van der Waals surface area (Å²) in [5.74, 6) is -1.11. The van der Waals surface area contributed by atoms with Gasteiger partial charge in [0.05, 0.1) is 12.3 Å². The molecular weight excluding hydrogens is 326 g/mol. The fraction of sp³-hybridized carbons (Fsp3) is 0.214. The lowest BCUT2D eigenvalue weighted by Crippen LogP contribution is -2.45. The number of thioether (sulfide) groups is 1. The molecule has 0 fully saturated rings. The number of rotatable bonds is 5. The number of halogens is 2. The van der Waals surface area contributed by atoms with Crippen molar-refractivity contribution in [3.63, 3.8) is 0 Å². The molecule has 1 aromatic heterocycles. The van der Waals surface area contributed by atoms with Crippen molar-refractivity contribution in [3.05, 3.63) is 48.3 Å². The average Bonchev–Trinajstić information content (AvgIpc) is 2.93. The predicted octanol–water partition coefficient (Wildman–Crippen LogP) is 1.89. The van der Waals surface area contributed by atoms with Gasteiger partial charge in [0.2, 0.25) is 5.16 Å². The van der Waals surface area contributed by atoms with Crippen molar-refractivity contribution in [2.24, 2.45) is 0 Å². The maximum atomic E-state index is 13.6. The lowest BCUT2D eigenvalue weighted by Gasteiger charge is -2.27. The summed E-state index contributed by atoms with van der Waals surface area (Å²) in [5, 5.41) is 9.94. The molecule has 0 atom stereocenters. The first kappa shape index (κ1) is 15.5. The minimum atomic E-state index is -0.809. The van der Waals surface area contributed by atoms with Crippen LogP contribution in [0.3, 0.4) is 0 Å². The third kappa shape index (κ3) is 3.04. The third-order valence-electron chi connectivity index (χ3n) is 3.08. The lowest BCUT2D eigenvalue weighted by molar-refractivity contribution is -0.117. The van der Waals surface area contributed by atoms with Gasteiger partial charge >= 0.3 is 0 Å². The number of fused-ring (bicyclic) bond motifs is 1. The Bertz CT molecular complexity index is 765. The Balaban J connectivity index is 1.83. The van der Waals surface area contributed by atoms with Crippen molar-refractivity contribution >= 4 is 17.7 Å². The molecular formula is C14H12F2N4O2S. The summed E-state index contributed by atoms with van der Waals surface area (Å²) in [6.45, 7) is 3.80. The number of hydrogen-bond donors (Lipinski definition) is 0. The first-order valence-corrected chi connectivity index (χ1v) is 7.65. The summed E-state index contributed by atoms with van der Waals surface area (Å²) in [6.07, 6.45) is 1.59. The second kappa shape index (κ2) is 6.37. The van der Waals surface area contributed by atoms with Crippen LogP contribution in [0.4, 0.5) is 8.78 Å². The van der Waals surface area contributed by atoms with Crippen LogP contribution < -0.4 is 9.75 Å². The molecule has 0 N–H and O–H groups in total. The average molecular weight is 338 g/mol. The maximum absolute atomic E-state index is 13.6. The van der Waals surface area contributed by atoms with Crippen molar-refractivity contribution in [3.8, 4) is 5.75 Å². The van der Waals surface area contributed by atoms with Gasteiger partial charge in [-0.05, 0) is 12.1 Å². The number of amides is 1. The number of carbonyl (C=O) groups is 1. The van der Waals surface area contributed by atoms with Crippen molar-refractivity contribution < 1.29 is 18.3 Å². The number of carbonyl (C=O) groups excluding carboxylic acids is 1. The molecule has 3 rings (SSSR count). The van der Waals surface area contributed by atoms with Gasteiger partial charge in [0, 0.05) is 6.07 Å². The van der Waals surface area contributed by atoms with E-state index in [0.29, 0.717) is 17.5 Å². The predicted molar refractivity (Wildman–Crippen MR) is 79.7 cm³/mol. The monoisotopic (exact) mass is 338 g/mol. The first-order chi connectivity index (χ1) is 11.1. The van der Waals surface area contributed by atoms with Crippen LogP contribution >= 0.6 is 11.8 Å². The fourth-order valence-corrected chi connectivity index (χ4v) is 2.90. The van der Waals surface area contributed by atoms with Crippen LogP contribution in [0.5, 0.6) is 5.75 Å². The van der Waals surface area contributed by atoms with E-state index in [1.54, 1.807) is 6.08 Å². The summed E-state index contributed by atoms with van der Waals surface area (Å²) < 4.78 is 33.3. The molecule has 120 valence electrons. The van der Waals surface area contributed by atoms with Gasteiger partial charge in [-0.2, -0.15) is 0 Å². The van der Waals surface area contributed by atoms with Crippen molar-refractivity contribution in [2.75, 3.05) is 17.3 Å². The van der Waals surface area contributed by atoms with Crippen LogP contribution in [-0.2, 0) is 11.4 Å². The lowest BCUT2D eigenvalue weighted by atomic mass is 10.3. The third-order valence-corrected chi connectivity index (χ3v) is 3.99. The zero-order valence-corrected chi connectivity index (χ0v) is 12.7. The normalized spacial score (nSPS) is 13.8. The molecule has 0 saturated carbocycles. The zero-order chi connectivity index (χ0) is 16.4. The smallest absolute Gasteiger partial charge is 0.252 e. The largest absolute Gasteiger partial charge is 0.482 e. The van der Waals surface area contributed by atoms with Crippen LogP contribution in [0.1, 0.15) is 5.82 Å². The topological polar surface area (TPSA) is 60.3 Å². The molecule has 0 bridgehead atoms. The number of nitrogens with zero attached hydrogens (tertiary/aromatic N) is 4. The Hall–Kier alpha value is -2.42. The molecule has 1 aliphatic heterocycles. The van der Waals surface area contributed by atoms with Crippen LogP contribution in [0, 0.1) is 11.6 Å². The molecule has 0 spiro atoms. The Morgan fingerprint density at radius 2 is 2.22 bits per heavy atom. The van der Waals surface area contributed by atoms with E-state index in [1.165, 1.54) is 27.5 Å². The minimum absolute atomic E-state index is 0.103. The first-order valence-electron chi connectivity index (χ1n) is 6.66. The SMILES string of the molecule is C=CCN1C(=O)CSc2nnc(COc3ccc(F)cc3F)n21. The highest BCUT2D eigenvalue weighted by molar-refractivity contribution is 7.99. The summed E-state index contributed by atoms with van der Waals surface area (Å²) >= 11 is 1.26. The molecule has 2 heterocycles. The highest BCUT2D eigenvalue weighted by Gasteiger charge is 2.28. The second-order valence-corrected chi connectivity index (χ2v) is 5.57. The van der Waals surface area contributed by atoms with E-state index in [4.69, 9.17) is 4.74 Å². The van der Waals surface area contributed by atoms with E-state index in [2.05, 4.69) is 16.8 Å². The van der Waals surface area contributed by atoms with Crippen molar-refractivity contribution in [1.82, 2.24) is 14.9 Å². The standard InChI is InChI=1S/C14H12F2N4O2S/c1-2-5-19-13(21)8-23-14-18-17-12(20(14)19)7-22-11-4-3-9(15)6-10(11)16/h2-4,6H,1,5,7-8H2. The molecule has 0 radical (unpaired) electrons. The van der Waals surface area contributed by atoms with Gasteiger partial charge in [-0.3, -0.25) is 4.79 Å². The minimum Gasteiger partial charge on any atom is -0.482 e. The van der Waals surface area contributed by atoms with Crippen LogP contribution in [0.15, 0.2) is 36.0 Å². The van der Waals surface area contributed by atoms with Gasteiger partial charge in [-0.25, -0.2) is 18.5 Å². The Kier molecular flexibility index (Phi) is 4.28. The Morgan fingerprint density at radius 3 is 2.96 bits per heavy atom. The molecule has 9 heteroatoms. The Labute approximate surface area is 134 Å². The van der Waals surface area contributed by atoms with E-state index in [0.717, 1.165) is 12.1 Å². The summed E-state index contributed by atoms with van der Waals surface area (Å²) in [6, 6.07) is 3.03. The molecule has 1 aliphatic rings. The van der Waals surface area contributed by atoms with E-state index >= 15 is 0 Å². The van der Waals surface area contributed by atoms with Gasteiger partial charge in [-0.1, -0.05) is 17.8 Å². The zero-order valence-electron chi connectivity index (χ0n) is 11.9. The van der Waals surface area contributed by atoms with Gasteiger partial charge in [0.25, 0.3) is 5.91 Å². The molecule has 2 aromatic rings. The van der Waals surface area contributed by atoms with Gasteiger partial charge < -0.3 is 4.74 Å². The van der Waals surface area contributed by atoms with E-state index in [9.17, 15) is 13.6 Å². The van der Waals surface area contributed by atoms with Gasteiger partial charge in [-0.15, -0.1) is 16.8 Å². The van der Waals surface area contributed by atoms with Gasteiger partial charge in [0.15, 0.2) is 17.4 Å². The quantitative estimate of drug-likeness (QED) is 0.779. The Morgan fingerprint density at radius 1 is 1.39 bits per heavy atom. The highest BCUT2D eigenvalue weighted by atomic mass is 32.2. The molecule has 6 nitrogen and oxygen atoms in total. The fourth-order valence-electron chi connectivity index (χ4n) is 2.07. The van der Waals surface area contributed by atoms with Crippen molar-refractivity contribution in [1.29, 1.82) is 0 Å². The maximum Gasteiger partial charge on any atom is 0.252 e.